The molecule has 0 amide bonds. The summed E-state index contributed by atoms with van der Waals surface area (Å²) in [5, 5.41) is 28.6. The number of carbonyl (C=O) groups excluding carboxylic acids is 1. The van der Waals surface area contributed by atoms with E-state index in [1.807, 2.05) is 36.4 Å². The Morgan fingerprint density at radius 3 is 2.47 bits per heavy atom. The molecular formula is C23H16N4O5. The summed E-state index contributed by atoms with van der Waals surface area (Å²) in [6.45, 7) is 0.0635. The molecule has 4 aromatic rings. The molecule has 0 aliphatic carbocycles. The molecule has 0 bridgehead atoms. The Hall–Kier alpha value is -4.66. The van der Waals surface area contributed by atoms with E-state index in [2.05, 4.69) is 10.3 Å². The van der Waals surface area contributed by atoms with Crippen molar-refractivity contribution in [1.82, 2.24) is 15.0 Å². The second-order valence-electron chi connectivity index (χ2n) is 6.99. The number of nitro groups is 1. The number of hydrogen-bond donors (Lipinski definition) is 1. The van der Waals surface area contributed by atoms with Crippen molar-refractivity contribution in [2.75, 3.05) is 0 Å². The van der Waals surface area contributed by atoms with Gasteiger partial charge in [0.2, 0.25) is 0 Å². The maximum absolute atomic E-state index is 11.4. The number of benzene rings is 3. The normalized spacial score (nSPS) is 10.6. The van der Waals surface area contributed by atoms with Crippen LogP contribution in [0.3, 0.4) is 0 Å². The fourth-order valence-corrected chi connectivity index (χ4v) is 3.37. The molecule has 4 rings (SSSR count). The van der Waals surface area contributed by atoms with Crippen molar-refractivity contribution < 1.29 is 19.6 Å². The van der Waals surface area contributed by atoms with Gasteiger partial charge in [-0.1, -0.05) is 53.7 Å². The van der Waals surface area contributed by atoms with E-state index in [1.54, 1.807) is 18.3 Å². The molecule has 9 heteroatoms. The van der Waals surface area contributed by atoms with Crippen LogP contribution < -0.4 is 0 Å². The van der Waals surface area contributed by atoms with E-state index >= 15 is 0 Å². The van der Waals surface area contributed by atoms with Gasteiger partial charge in [0, 0.05) is 17.2 Å². The van der Waals surface area contributed by atoms with Crippen molar-refractivity contribution >= 4 is 17.9 Å². The van der Waals surface area contributed by atoms with Gasteiger partial charge in [0.25, 0.3) is 5.69 Å². The molecular weight excluding hydrogens is 412 g/mol. The van der Waals surface area contributed by atoms with Crippen LogP contribution >= 0.6 is 0 Å². The van der Waals surface area contributed by atoms with Crippen LogP contribution in [0.5, 0.6) is 0 Å². The minimum Gasteiger partial charge on any atom is -0.478 e. The summed E-state index contributed by atoms with van der Waals surface area (Å²) in [4.78, 5) is 33.1. The maximum atomic E-state index is 11.4. The van der Waals surface area contributed by atoms with Gasteiger partial charge in [-0.2, -0.15) is 0 Å². The molecule has 3 aromatic carbocycles. The highest BCUT2D eigenvalue weighted by Gasteiger charge is 2.18. The molecule has 1 heterocycles. The Bertz CT molecular complexity index is 1330. The minimum absolute atomic E-state index is 0.0635. The molecule has 32 heavy (non-hydrogen) atoms. The van der Waals surface area contributed by atoms with Crippen LogP contribution in [0.1, 0.15) is 26.3 Å². The SMILES string of the molecule is O=Cc1ccccc1-c1ccc(-c2cn(Cc3ccc(C(=O)O)cc3[N+](=O)[O-])nn2)cc1. The average molecular weight is 428 g/mol. The number of carboxylic acids is 1. The molecule has 0 atom stereocenters. The van der Waals surface area contributed by atoms with E-state index in [4.69, 9.17) is 5.11 Å². The summed E-state index contributed by atoms with van der Waals surface area (Å²) < 4.78 is 1.45. The van der Waals surface area contributed by atoms with Crippen molar-refractivity contribution in [2.45, 2.75) is 6.54 Å². The monoisotopic (exact) mass is 428 g/mol. The van der Waals surface area contributed by atoms with Crippen LogP contribution in [0.15, 0.2) is 72.9 Å². The molecule has 0 spiro atoms. The van der Waals surface area contributed by atoms with Gasteiger partial charge >= 0.3 is 5.97 Å². The first-order chi connectivity index (χ1) is 15.5. The molecule has 0 radical (unpaired) electrons. The first-order valence-electron chi connectivity index (χ1n) is 9.52. The van der Waals surface area contributed by atoms with Crippen molar-refractivity contribution in [1.29, 1.82) is 0 Å². The van der Waals surface area contributed by atoms with Gasteiger partial charge in [0.15, 0.2) is 6.29 Å². The van der Waals surface area contributed by atoms with Crippen LogP contribution in [0.25, 0.3) is 22.4 Å². The lowest BCUT2D eigenvalue weighted by atomic mass is 9.99. The van der Waals surface area contributed by atoms with Gasteiger partial charge in [0.1, 0.15) is 5.69 Å². The highest BCUT2D eigenvalue weighted by Crippen LogP contribution is 2.26. The Kier molecular flexibility index (Phi) is 5.54. The largest absolute Gasteiger partial charge is 0.478 e. The fourth-order valence-electron chi connectivity index (χ4n) is 3.37. The molecule has 0 unspecified atom stereocenters. The zero-order chi connectivity index (χ0) is 22.7. The van der Waals surface area contributed by atoms with E-state index in [-0.39, 0.29) is 17.8 Å². The van der Waals surface area contributed by atoms with Gasteiger partial charge in [-0.3, -0.25) is 14.9 Å². The topological polar surface area (TPSA) is 128 Å². The summed E-state index contributed by atoms with van der Waals surface area (Å²) >= 11 is 0. The van der Waals surface area contributed by atoms with Crippen LogP contribution in [0.4, 0.5) is 5.69 Å². The Morgan fingerprint density at radius 1 is 1.06 bits per heavy atom. The molecule has 0 fully saturated rings. The number of hydrogen-bond acceptors (Lipinski definition) is 6. The summed E-state index contributed by atoms with van der Waals surface area (Å²) in [5.41, 5.74) is 3.55. The summed E-state index contributed by atoms with van der Waals surface area (Å²) in [6, 6.07) is 18.5. The number of rotatable bonds is 7. The lowest BCUT2D eigenvalue weighted by molar-refractivity contribution is -0.385. The average Bonchev–Trinajstić information content (AvgIpc) is 3.27. The number of aromatic carboxylic acids is 1. The zero-order valence-corrected chi connectivity index (χ0v) is 16.6. The van der Waals surface area contributed by atoms with Gasteiger partial charge in [-0.25, -0.2) is 9.48 Å². The number of carbonyl (C=O) groups is 2. The maximum Gasteiger partial charge on any atom is 0.335 e. The van der Waals surface area contributed by atoms with Crippen LogP contribution in [0, 0.1) is 10.1 Å². The Labute approximate surface area is 181 Å². The first kappa shape index (κ1) is 20.6. The first-order valence-corrected chi connectivity index (χ1v) is 9.52. The molecule has 0 saturated heterocycles. The molecule has 1 N–H and O–H groups in total. The predicted octanol–water partition coefficient (Wildman–Crippen LogP) is 4.08. The number of aromatic nitrogens is 3. The molecule has 0 saturated carbocycles. The van der Waals surface area contributed by atoms with Crippen molar-refractivity contribution in [3.8, 4) is 22.4 Å². The van der Waals surface area contributed by atoms with E-state index in [1.165, 1.54) is 16.8 Å². The van der Waals surface area contributed by atoms with Gasteiger partial charge in [0.05, 0.1) is 28.8 Å². The Morgan fingerprint density at radius 2 is 1.78 bits per heavy atom. The second-order valence-corrected chi connectivity index (χ2v) is 6.99. The van der Waals surface area contributed by atoms with Crippen molar-refractivity contribution in [2.24, 2.45) is 0 Å². The van der Waals surface area contributed by atoms with E-state index in [9.17, 15) is 19.7 Å². The number of aldehydes is 1. The van der Waals surface area contributed by atoms with Gasteiger partial charge < -0.3 is 5.11 Å². The van der Waals surface area contributed by atoms with Crippen LogP contribution in [-0.2, 0) is 6.54 Å². The van der Waals surface area contributed by atoms with Crippen LogP contribution in [-0.4, -0.2) is 37.3 Å². The lowest BCUT2D eigenvalue weighted by Gasteiger charge is -2.05. The van der Waals surface area contributed by atoms with E-state index in [0.717, 1.165) is 29.0 Å². The number of nitrogens with zero attached hydrogens (tertiary/aromatic N) is 4. The quantitative estimate of drug-likeness (QED) is 0.267. The summed E-state index contributed by atoms with van der Waals surface area (Å²) in [6.07, 6.45) is 2.47. The van der Waals surface area contributed by atoms with Crippen molar-refractivity contribution in [3.05, 3.63) is 99.7 Å². The highest BCUT2D eigenvalue weighted by molar-refractivity contribution is 5.89. The van der Waals surface area contributed by atoms with Gasteiger partial charge in [-0.15, -0.1) is 5.10 Å². The van der Waals surface area contributed by atoms with E-state index < -0.39 is 10.9 Å². The standard InChI is InChI=1S/C23H16N4O5/c28-14-19-3-1-2-4-20(19)15-5-7-16(8-6-15)21-13-26(25-24-21)12-18-10-9-17(23(29)30)11-22(18)27(31)32/h1-11,13-14H,12H2,(H,29,30). The zero-order valence-electron chi connectivity index (χ0n) is 16.6. The molecule has 158 valence electrons. The molecule has 0 aliphatic heterocycles. The third-order valence-corrected chi connectivity index (χ3v) is 4.98. The predicted molar refractivity (Wildman–Crippen MR) is 115 cm³/mol. The van der Waals surface area contributed by atoms with Crippen molar-refractivity contribution in [3.63, 3.8) is 0 Å². The Balaban J connectivity index is 1.58. The molecule has 1 aromatic heterocycles. The lowest BCUT2D eigenvalue weighted by Crippen LogP contribution is -2.06. The fraction of sp³-hybridized carbons (Fsp3) is 0.0435. The highest BCUT2D eigenvalue weighted by atomic mass is 16.6. The molecule has 9 nitrogen and oxygen atoms in total. The van der Waals surface area contributed by atoms with E-state index in [0.29, 0.717) is 16.8 Å². The number of nitro benzene ring substituents is 1. The summed E-state index contributed by atoms with van der Waals surface area (Å²) in [5.74, 6) is -1.23. The minimum atomic E-state index is -1.23. The third-order valence-electron chi connectivity index (χ3n) is 4.98. The van der Waals surface area contributed by atoms with Crippen LogP contribution in [0.2, 0.25) is 0 Å². The third kappa shape index (κ3) is 4.12. The number of carboxylic acid groups (broad SMARTS) is 1. The second kappa shape index (κ2) is 8.60. The summed E-state index contributed by atoms with van der Waals surface area (Å²) in [7, 11) is 0. The molecule has 0 aliphatic rings. The smallest absolute Gasteiger partial charge is 0.335 e. The van der Waals surface area contributed by atoms with Gasteiger partial charge in [-0.05, 0) is 23.3 Å².